The Labute approximate surface area is 154 Å². The lowest BCUT2D eigenvalue weighted by atomic mass is 10.2. The second kappa shape index (κ2) is 7.59. The van der Waals surface area contributed by atoms with Crippen LogP contribution >= 0.6 is 11.8 Å². The van der Waals surface area contributed by atoms with Crippen molar-refractivity contribution in [1.82, 2.24) is 19.7 Å². The van der Waals surface area contributed by atoms with Crippen molar-refractivity contribution in [1.29, 1.82) is 0 Å². The van der Waals surface area contributed by atoms with Gasteiger partial charge in [-0.05, 0) is 25.0 Å². The summed E-state index contributed by atoms with van der Waals surface area (Å²) in [4.78, 5) is 22.0. The summed E-state index contributed by atoms with van der Waals surface area (Å²) in [6.45, 7) is 3.24. The van der Waals surface area contributed by atoms with Crippen LogP contribution in [0.1, 0.15) is 31.5 Å². The zero-order valence-corrected chi connectivity index (χ0v) is 15.4. The van der Waals surface area contributed by atoms with Crippen LogP contribution in [0, 0.1) is 0 Å². The number of benzene rings is 1. The number of aryl methyl sites for hydroxylation is 1. The second-order valence-corrected chi connectivity index (χ2v) is 7.15. The van der Waals surface area contributed by atoms with E-state index in [9.17, 15) is 4.79 Å². The van der Waals surface area contributed by atoms with Gasteiger partial charge in [0.05, 0.1) is 29.3 Å². The first-order valence-electron chi connectivity index (χ1n) is 8.80. The summed E-state index contributed by atoms with van der Waals surface area (Å²) in [6.07, 6.45) is 2.77. The van der Waals surface area contributed by atoms with Crippen molar-refractivity contribution in [3.63, 3.8) is 0 Å². The third-order valence-electron chi connectivity index (χ3n) is 4.38. The van der Waals surface area contributed by atoms with Gasteiger partial charge in [-0.1, -0.05) is 36.0 Å². The molecule has 1 aromatic carbocycles. The summed E-state index contributed by atoms with van der Waals surface area (Å²) >= 11 is 1.45. The van der Waals surface area contributed by atoms with Crippen molar-refractivity contribution < 1.29 is 9.26 Å². The maximum Gasteiger partial charge on any atom is 0.262 e. The summed E-state index contributed by atoms with van der Waals surface area (Å²) in [5.74, 6) is 1.72. The molecule has 1 aliphatic heterocycles. The van der Waals surface area contributed by atoms with Crippen LogP contribution in [0.5, 0.6) is 0 Å². The zero-order chi connectivity index (χ0) is 17.9. The number of fused-ring (bicyclic) bond motifs is 1. The van der Waals surface area contributed by atoms with Gasteiger partial charge in [0.15, 0.2) is 11.0 Å². The molecule has 3 aromatic rings. The van der Waals surface area contributed by atoms with Gasteiger partial charge in [0, 0.05) is 13.0 Å². The molecule has 1 saturated heterocycles. The minimum atomic E-state index is -0.0315. The Hall–Kier alpha value is -2.19. The van der Waals surface area contributed by atoms with Gasteiger partial charge >= 0.3 is 0 Å². The zero-order valence-electron chi connectivity index (χ0n) is 14.6. The molecule has 0 saturated carbocycles. The summed E-state index contributed by atoms with van der Waals surface area (Å²) in [5.41, 5.74) is 0.668. The quantitative estimate of drug-likeness (QED) is 0.486. The molecule has 0 aliphatic carbocycles. The smallest absolute Gasteiger partial charge is 0.262 e. The number of hydrogen-bond acceptors (Lipinski definition) is 7. The van der Waals surface area contributed by atoms with Crippen LogP contribution < -0.4 is 5.56 Å². The Morgan fingerprint density at radius 1 is 1.31 bits per heavy atom. The minimum absolute atomic E-state index is 0.0315. The molecule has 1 aliphatic rings. The molecule has 2 aromatic heterocycles. The molecule has 0 spiro atoms. The lowest BCUT2D eigenvalue weighted by molar-refractivity contribution is 0.0937. The monoisotopic (exact) mass is 372 g/mol. The maximum absolute atomic E-state index is 13.0. The van der Waals surface area contributed by atoms with E-state index < -0.39 is 0 Å². The third kappa shape index (κ3) is 3.52. The van der Waals surface area contributed by atoms with E-state index in [1.54, 1.807) is 4.57 Å². The fourth-order valence-corrected chi connectivity index (χ4v) is 3.88. The summed E-state index contributed by atoms with van der Waals surface area (Å²) in [5, 5.41) is 5.26. The molecule has 3 heterocycles. The first-order chi connectivity index (χ1) is 12.7. The Morgan fingerprint density at radius 3 is 2.96 bits per heavy atom. The Bertz CT molecular complexity index is 962. The van der Waals surface area contributed by atoms with Gasteiger partial charge in [-0.15, -0.1) is 0 Å². The van der Waals surface area contributed by atoms with Crippen molar-refractivity contribution in [2.45, 2.75) is 49.7 Å². The number of hydrogen-bond donors (Lipinski definition) is 0. The highest BCUT2D eigenvalue weighted by Crippen LogP contribution is 2.23. The van der Waals surface area contributed by atoms with Crippen molar-refractivity contribution >= 4 is 22.7 Å². The van der Waals surface area contributed by atoms with Crippen molar-refractivity contribution in [2.24, 2.45) is 0 Å². The van der Waals surface area contributed by atoms with E-state index in [0.29, 0.717) is 46.5 Å². The van der Waals surface area contributed by atoms with E-state index in [1.165, 1.54) is 11.8 Å². The number of ether oxygens (including phenoxy) is 1. The largest absolute Gasteiger partial charge is 0.376 e. The minimum Gasteiger partial charge on any atom is -0.376 e. The molecular formula is C18H20N4O3S. The van der Waals surface area contributed by atoms with Crippen molar-refractivity contribution in [3.05, 3.63) is 46.3 Å². The molecular weight excluding hydrogens is 352 g/mol. The lowest BCUT2D eigenvalue weighted by Gasteiger charge is -2.16. The van der Waals surface area contributed by atoms with Crippen LogP contribution in [0.25, 0.3) is 10.9 Å². The van der Waals surface area contributed by atoms with Gasteiger partial charge in [0.1, 0.15) is 0 Å². The molecule has 0 amide bonds. The summed E-state index contributed by atoms with van der Waals surface area (Å²) in [7, 11) is 0. The van der Waals surface area contributed by atoms with E-state index in [-0.39, 0.29) is 11.7 Å². The van der Waals surface area contributed by atoms with E-state index in [2.05, 4.69) is 10.1 Å². The van der Waals surface area contributed by atoms with E-state index >= 15 is 0 Å². The molecule has 4 rings (SSSR count). The Kier molecular flexibility index (Phi) is 5.03. The molecule has 0 radical (unpaired) electrons. The van der Waals surface area contributed by atoms with Crippen LogP contribution in [0.4, 0.5) is 0 Å². The predicted octanol–water partition coefficient (Wildman–Crippen LogP) is 2.81. The number of nitrogens with zero attached hydrogens (tertiary/aromatic N) is 4. The Morgan fingerprint density at radius 2 is 2.19 bits per heavy atom. The summed E-state index contributed by atoms with van der Waals surface area (Å²) in [6, 6.07) is 7.43. The number of aromatic nitrogens is 4. The van der Waals surface area contributed by atoms with E-state index in [0.717, 1.165) is 19.4 Å². The fraction of sp³-hybridized carbons (Fsp3) is 0.444. The SMILES string of the molecule is CCc1nc(CSc2nc3ccccc3c(=O)n2CC2CCCO2)no1. The fourth-order valence-electron chi connectivity index (χ4n) is 3.03. The molecule has 1 atom stereocenters. The predicted molar refractivity (Wildman–Crippen MR) is 98.2 cm³/mol. The van der Waals surface area contributed by atoms with Gasteiger partial charge in [-0.3, -0.25) is 9.36 Å². The normalized spacial score (nSPS) is 17.2. The maximum atomic E-state index is 13.0. The lowest BCUT2D eigenvalue weighted by Crippen LogP contribution is -2.28. The average molecular weight is 372 g/mol. The van der Waals surface area contributed by atoms with Crippen LogP contribution in [0.15, 0.2) is 38.7 Å². The Balaban J connectivity index is 1.67. The molecule has 0 bridgehead atoms. The second-order valence-electron chi connectivity index (χ2n) is 6.21. The molecule has 8 heteroatoms. The van der Waals surface area contributed by atoms with E-state index in [1.807, 2.05) is 31.2 Å². The summed E-state index contributed by atoms with van der Waals surface area (Å²) < 4.78 is 12.6. The molecule has 26 heavy (non-hydrogen) atoms. The van der Waals surface area contributed by atoms with Crippen molar-refractivity contribution in [2.75, 3.05) is 6.61 Å². The van der Waals surface area contributed by atoms with Crippen LogP contribution in [0.3, 0.4) is 0 Å². The third-order valence-corrected chi connectivity index (χ3v) is 5.35. The molecule has 1 fully saturated rings. The highest BCUT2D eigenvalue weighted by molar-refractivity contribution is 7.98. The van der Waals surface area contributed by atoms with Gasteiger partial charge in [0.25, 0.3) is 5.56 Å². The van der Waals surface area contributed by atoms with Crippen molar-refractivity contribution in [3.8, 4) is 0 Å². The molecule has 7 nitrogen and oxygen atoms in total. The topological polar surface area (TPSA) is 83.0 Å². The number of thioether (sulfide) groups is 1. The van der Waals surface area contributed by atoms with E-state index in [4.69, 9.17) is 14.2 Å². The highest BCUT2D eigenvalue weighted by atomic mass is 32.2. The van der Waals surface area contributed by atoms with Gasteiger partial charge in [-0.25, -0.2) is 4.98 Å². The van der Waals surface area contributed by atoms with Crippen LogP contribution in [0.2, 0.25) is 0 Å². The van der Waals surface area contributed by atoms with Gasteiger partial charge in [-0.2, -0.15) is 4.98 Å². The molecule has 1 unspecified atom stereocenters. The first kappa shape index (κ1) is 17.2. The molecule has 0 N–H and O–H groups in total. The first-order valence-corrected chi connectivity index (χ1v) is 9.78. The number of para-hydroxylation sites is 1. The van der Waals surface area contributed by atoms with Crippen LogP contribution in [-0.4, -0.2) is 32.4 Å². The number of rotatable bonds is 6. The molecule has 136 valence electrons. The van der Waals surface area contributed by atoms with Crippen LogP contribution in [-0.2, 0) is 23.5 Å². The van der Waals surface area contributed by atoms with Gasteiger partial charge < -0.3 is 9.26 Å². The average Bonchev–Trinajstić information content (AvgIpc) is 3.34. The van der Waals surface area contributed by atoms with Gasteiger partial charge in [0.2, 0.25) is 5.89 Å². The highest BCUT2D eigenvalue weighted by Gasteiger charge is 2.20. The standard InChI is InChI=1S/C18H20N4O3S/c1-2-16-20-15(21-25-16)11-26-18-19-14-8-4-3-7-13(14)17(23)22(18)10-12-6-5-9-24-12/h3-4,7-8,12H,2,5-6,9-11H2,1H3.